The molecule has 2 aromatic heterocycles. The van der Waals surface area contributed by atoms with Crippen LogP contribution in [0.4, 0.5) is 0 Å². The summed E-state index contributed by atoms with van der Waals surface area (Å²) in [4.78, 5) is 4.22. The molecule has 0 aliphatic carbocycles. The molecule has 5 aromatic rings. The van der Waals surface area contributed by atoms with Gasteiger partial charge in [0.25, 0.3) is 0 Å². The zero-order valence-electron chi connectivity index (χ0n) is 20.4. The molecule has 3 aromatic carbocycles. The van der Waals surface area contributed by atoms with E-state index >= 15 is 0 Å². The Morgan fingerprint density at radius 1 is 0.886 bits per heavy atom. The quantitative estimate of drug-likeness (QED) is 0.163. The molecular formula is C31H29IrN3+. The number of hydrogen-bond donors (Lipinski definition) is 0. The molecule has 0 fully saturated rings. The van der Waals surface area contributed by atoms with Crippen molar-refractivity contribution in [1.29, 1.82) is 0 Å². The summed E-state index contributed by atoms with van der Waals surface area (Å²) in [6, 6.07) is 33.2. The molecule has 3 heterocycles. The molecule has 176 valence electrons. The average Bonchev–Trinajstić information content (AvgIpc) is 3.27. The van der Waals surface area contributed by atoms with Gasteiger partial charge in [-0.3, -0.25) is 0 Å². The minimum atomic E-state index is -0.00260. The minimum Gasteiger partial charge on any atom is -0.341 e. The summed E-state index contributed by atoms with van der Waals surface area (Å²) >= 11 is 0. The monoisotopic (exact) mass is 636 g/mol. The first-order chi connectivity index (χ1) is 16.6. The Morgan fingerprint density at radius 2 is 1.69 bits per heavy atom. The van der Waals surface area contributed by atoms with Crippen LogP contribution >= 0.6 is 0 Å². The molecule has 35 heavy (non-hydrogen) atoms. The van der Waals surface area contributed by atoms with Crippen LogP contribution < -0.4 is 4.57 Å². The van der Waals surface area contributed by atoms with Crippen molar-refractivity contribution in [2.45, 2.75) is 45.6 Å². The third-order valence-corrected chi connectivity index (χ3v) is 6.54. The topological polar surface area (TPSA) is 21.7 Å². The van der Waals surface area contributed by atoms with Crippen LogP contribution in [0.3, 0.4) is 0 Å². The van der Waals surface area contributed by atoms with E-state index in [0.717, 1.165) is 23.5 Å². The summed E-state index contributed by atoms with van der Waals surface area (Å²) in [5.74, 6) is 0. The number of pyridine rings is 1. The Kier molecular flexibility index (Phi) is 7.64. The molecule has 4 heteroatoms. The van der Waals surface area contributed by atoms with Gasteiger partial charge in [-0.1, -0.05) is 68.8 Å². The summed E-state index contributed by atoms with van der Waals surface area (Å²) in [7, 11) is 0. The molecule has 0 unspecified atom stereocenters. The number of para-hydroxylation sites is 2. The predicted molar refractivity (Wildman–Crippen MR) is 137 cm³/mol. The Morgan fingerprint density at radius 3 is 2.43 bits per heavy atom. The van der Waals surface area contributed by atoms with E-state index < -0.39 is 0 Å². The minimum absolute atomic E-state index is 0. The van der Waals surface area contributed by atoms with Gasteiger partial charge in [-0.25, -0.2) is 0 Å². The molecule has 0 atom stereocenters. The van der Waals surface area contributed by atoms with E-state index in [4.69, 9.17) is 0 Å². The molecule has 0 saturated heterocycles. The van der Waals surface area contributed by atoms with Crippen LogP contribution in [0.15, 0.2) is 85.1 Å². The number of hydrogen-bond acceptors (Lipinski definition) is 1. The number of benzene rings is 3. The maximum atomic E-state index is 4.22. The average molecular weight is 636 g/mol. The number of aromatic nitrogens is 3. The maximum Gasteiger partial charge on any atom is 3.00 e. The van der Waals surface area contributed by atoms with Crippen LogP contribution in [0, 0.1) is 18.5 Å². The van der Waals surface area contributed by atoms with Crippen molar-refractivity contribution in [1.82, 2.24) is 9.55 Å². The molecule has 1 aliphatic rings. The van der Waals surface area contributed by atoms with Crippen molar-refractivity contribution in [2.24, 2.45) is 0 Å². The second-order valence-electron chi connectivity index (χ2n) is 9.16. The first-order valence-corrected chi connectivity index (χ1v) is 12.0. The molecule has 1 aliphatic heterocycles. The molecule has 3 nitrogen and oxygen atoms in total. The smallest absolute Gasteiger partial charge is 0.341 e. The van der Waals surface area contributed by atoms with Crippen LogP contribution in [0.1, 0.15) is 44.7 Å². The van der Waals surface area contributed by atoms with E-state index in [2.05, 4.69) is 83.7 Å². The Labute approximate surface area is 221 Å². The largest absolute Gasteiger partial charge is 3.00 e. The Balaban J connectivity index is 0.000000189. The van der Waals surface area contributed by atoms with E-state index in [0.29, 0.717) is 0 Å². The maximum absolute atomic E-state index is 4.22. The van der Waals surface area contributed by atoms with Crippen molar-refractivity contribution >= 4 is 11.0 Å². The zero-order valence-corrected chi connectivity index (χ0v) is 22.8. The van der Waals surface area contributed by atoms with E-state index in [-0.39, 0.29) is 25.5 Å². The summed E-state index contributed by atoms with van der Waals surface area (Å²) in [5.41, 5.74) is 8.42. The van der Waals surface area contributed by atoms with Crippen molar-refractivity contribution in [2.75, 3.05) is 0 Å². The molecule has 0 saturated carbocycles. The van der Waals surface area contributed by atoms with Gasteiger partial charge in [-0.15, -0.1) is 41.5 Å². The second-order valence-corrected chi connectivity index (χ2v) is 9.16. The number of imidazole rings is 1. The predicted octanol–water partition coefficient (Wildman–Crippen LogP) is 6.50. The molecular weight excluding hydrogens is 607 g/mol. The molecule has 0 amide bonds. The fourth-order valence-electron chi connectivity index (χ4n) is 4.70. The van der Waals surface area contributed by atoms with Gasteiger partial charge in [0.15, 0.2) is 0 Å². The fraction of sp³-hybridized carbons (Fsp3) is 0.226. The Bertz CT molecular complexity index is 1370. The first kappa shape index (κ1) is 25.0. The van der Waals surface area contributed by atoms with Crippen LogP contribution in [-0.2, 0) is 32.1 Å². The number of aryl methyl sites for hydroxylation is 1. The summed E-state index contributed by atoms with van der Waals surface area (Å²) < 4.78 is 4.48. The van der Waals surface area contributed by atoms with Gasteiger partial charge in [0.1, 0.15) is 0 Å². The zero-order chi connectivity index (χ0) is 23.5. The van der Waals surface area contributed by atoms with E-state index in [1.807, 2.05) is 48.5 Å². The van der Waals surface area contributed by atoms with Gasteiger partial charge in [-0.2, -0.15) is 24.3 Å². The summed E-state index contributed by atoms with van der Waals surface area (Å²) in [6.45, 7) is 7.87. The molecule has 0 N–H and O–H groups in total. The second kappa shape index (κ2) is 10.7. The van der Waals surface area contributed by atoms with Gasteiger partial charge in [0.2, 0.25) is 6.33 Å². The number of rotatable bonds is 4. The van der Waals surface area contributed by atoms with Crippen molar-refractivity contribution < 1.29 is 24.7 Å². The molecule has 0 bridgehead atoms. The van der Waals surface area contributed by atoms with Crippen molar-refractivity contribution in [3.05, 3.63) is 115 Å². The number of nitrogens with zero attached hydrogens (tertiary/aromatic N) is 3. The van der Waals surface area contributed by atoms with E-state index in [1.54, 1.807) is 6.20 Å². The van der Waals surface area contributed by atoms with E-state index in [1.165, 1.54) is 35.0 Å². The SMILES string of the molecule is CCCCn1[c-][n+]2c3c(cccc31)C(C)(C)c1ccc[c-]c1-2.[Ir+3].[c-]1ccccc1-c1ccccn1. The van der Waals surface area contributed by atoms with Crippen LogP contribution in [0.5, 0.6) is 0 Å². The third-order valence-electron chi connectivity index (χ3n) is 6.54. The number of unbranched alkanes of at least 4 members (excludes halogenated alkanes) is 1. The van der Waals surface area contributed by atoms with Gasteiger partial charge >= 0.3 is 20.1 Å². The first-order valence-electron chi connectivity index (χ1n) is 12.0. The fourth-order valence-corrected chi connectivity index (χ4v) is 4.70. The van der Waals surface area contributed by atoms with Crippen LogP contribution in [-0.4, -0.2) is 9.55 Å². The van der Waals surface area contributed by atoms with E-state index in [9.17, 15) is 0 Å². The number of fused-ring (bicyclic) bond motifs is 2. The van der Waals surface area contributed by atoms with Gasteiger partial charge < -0.3 is 14.1 Å². The van der Waals surface area contributed by atoms with Gasteiger partial charge in [-0.05, 0) is 23.6 Å². The standard InChI is InChI=1S/C20H21N2.C11H8N.Ir/c1-4-5-13-21-14-22-17-11-7-6-9-15(17)20(2,3)16-10-8-12-18(21)19(16)22;1-2-6-10(7-3-1)11-8-4-5-9-12-11;/h6-10,12H,4-5,13H2,1-3H3;1-6,8-9H;/q2*-1;+3. The summed E-state index contributed by atoms with van der Waals surface area (Å²) in [5, 5.41) is 0. The van der Waals surface area contributed by atoms with Crippen LogP contribution in [0.25, 0.3) is 28.0 Å². The normalized spacial score (nSPS) is 12.8. The molecule has 6 rings (SSSR count). The van der Waals surface area contributed by atoms with Crippen molar-refractivity contribution in [3.63, 3.8) is 0 Å². The molecule has 0 spiro atoms. The summed E-state index contributed by atoms with van der Waals surface area (Å²) in [6.07, 6.45) is 7.73. The molecule has 0 radical (unpaired) electrons. The third kappa shape index (κ3) is 4.74. The Hall–Kier alpha value is -3.07. The van der Waals surface area contributed by atoms with Gasteiger partial charge in [0.05, 0.1) is 17.6 Å². The van der Waals surface area contributed by atoms with Crippen LogP contribution in [0.2, 0.25) is 0 Å². The van der Waals surface area contributed by atoms with Gasteiger partial charge in [0, 0.05) is 6.20 Å². The van der Waals surface area contributed by atoms with Crippen molar-refractivity contribution in [3.8, 4) is 16.9 Å².